The van der Waals surface area contributed by atoms with Gasteiger partial charge in [-0.1, -0.05) is 18.2 Å². The van der Waals surface area contributed by atoms with Crippen LogP contribution in [-0.4, -0.2) is 46.9 Å². The molecule has 1 aliphatic carbocycles. The fraction of sp³-hybridized carbons (Fsp3) is 0.583. The van der Waals surface area contributed by atoms with Crippen molar-refractivity contribution in [3.05, 3.63) is 41.6 Å². The lowest BCUT2D eigenvalue weighted by Crippen LogP contribution is -2.37. The van der Waals surface area contributed by atoms with Crippen molar-refractivity contribution in [3.8, 4) is 5.75 Å². The number of ether oxygens (including phenoxy) is 1. The van der Waals surface area contributed by atoms with Crippen LogP contribution in [0.2, 0.25) is 0 Å². The zero-order chi connectivity index (χ0) is 23.3. The molecule has 2 N–H and O–H groups in total. The summed E-state index contributed by atoms with van der Waals surface area (Å²) in [5.41, 5.74) is 1.32. The summed E-state index contributed by atoms with van der Waals surface area (Å²) in [6.45, 7) is 5.46. The minimum atomic E-state index is -4.73. The number of anilines is 2. The molecule has 0 bridgehead atoms. The second-order valence-electron chi connectivity index (χ2n) is 9.03. The van der Waals surface area contributed by atoms with Gasteiger partial charge in [-0.25, -0.2) is 4.98 Å². The number of nitrogens with zero attached hydrogens (tertiary/aromatic N) is 3. The molecule has 2 aromatic rings. The molecule has 9 heteroatoms. The van der Waals surface area contributed by atoms with Gasteiger partial charge in [0.1, 0.15) is 11.6 Å². The minimum Gasteiger partial charge on any atom is -0.405 e. The first kappa shape index (κ1) is 23.6. The van der Waals surface area contributed by atoms with Gasteiger partial charge in [-0.15, -0.1) is 13.2 Å². The van der Waals surface area contributed by atoms with Crippen molar-refractivity contribution < 1.29 is 17.9 Å². The van der Waals surface area contributed by atoms with Crippen LogP contribution < -0.4 is 15.4 Å². The van der Waals surface area contributed by atoms with Gasteiger partial charge in [0.15, 0.2) is 0 Å². The van der Waals surface area contributed by atoms with Crippen LogP contribution in [0.5, 0.6) is 5.75 Å². The average Bonchev–Trinajstić information content (AvgIpc) is 3.33. The second kappa shape index (κ2) is 10.6. The summed E-state index contributed by atoms with van der Waals surface area (Å²) in [6, 6.07) is 6.81. The Morgan fingerprint density at radius 1 is 1.06 bits per heavy atom. The van der Waals surface area contributed by atoms with Crippen LogP contribution >= 0.6 is 0 Å². The number of hydrogen-bond acceptors (Lipinski definition) is 6. The molecule has 4 rings (SSSR count). The largest absolute Gasteiger partial charge is 0.573 e. The molecule has 0 spiro atoms. The molecule has 0 radical (unpaired) electrons. The standard InChI is InChI=1S/C24H32F3N5O/c1-17-14-29-23(30-16-19-6-2-3-7-21(19)33-24(25,26)27)31-22(17)28-15-18-8-10-20(11-9-18)32-12-4-5-13-32/h2-3,6-7,14,18,20H,4-5,8-13,15-16H2,1H3,(H2,28,29,30,31)/t18-,20-. The summed E-state index contributed by atoms with van der Waals surface area (Å²) in [4.78, 5) is 11.5. The second-order valence-corrected chi connectivity index (χ2v) is 9.03. The molecule has 1 aromatic heterocycles. The highest BCUT2D eigenvalue weighted by Gasteiger charge is 2.32. The third-order valence-electron chi connectivity index (χ3n) is 6.64. The number of aromatic nitrogens is 2. The lowest BCUT2D eigenvalue weighted by Gasteiger charge is -2.34. The normalized spacial score (nSPS) is 21.7. The van der Waals surface area contributed by atoms with Crippen LogP contribution in [-0.2, 0) is 6.54 Å². The summed E-state index contributed by atoms with van der Waals surface area (Å²) < 4.78 is 42.0. The van der Waals surface area contributed by atoms with E-state index < -0.39 is 6.36 Å². The Morgan fingerprint density at radius 2 is 1.79 bits per heavy atom. The number of halogens is 3. The first-order valence-corrected chi connectivity index (χ1v) is 11.8. The fourth-order valence-electron chi connectivity index (χ4n) is 4.82. The van der Waals surface area contributed by atoms with Crippen molar-refractivity contribution in [2.24, 2.45) is 5.92 Å². The Labute approximate surface area is 192 Å². The van der Waals surface area contributed by atoms with Gasteiger partial charge in [-0.3, -0.25) is 0 Å². The van der Waals surface area contributed by atoms with E-state index in [4.69, 9.17) is 0 Å². The summed E-state index contributed by atoms with van der Waals surface area (Å²) in [5, 5.41) is 6.48. The van der Waals surface area contributed by atoms with Crippen LogP contribution in [0.1, 0.15) is 49.7 Å². The maximum Gasteiger partial charge on any atom is 0.573 e. The van der Waals surface area contributed by atoms with Gasteiger partial charge in [0.25, 0.3) is 0 Å². The van der Waals surface area contributed by atoms with Crippen molar-refractivity contribution in [2.45, 2.75) is 64.4 Å². The van der Waals surface area contributed by atoms with E-state index in [9.17, 15) is 13.2 Å². The Hall–Kier alpha value is -2.55. The van der Waals surface area contributed by atoms with Crippen molar-refractivity contribution in [2.75, 3.05) is 30.3 Å². The van der Waals surface area contributed by atoms with Gasteiger partial charge < -0.3 is 20.3 Å². The van der Waals surface area contributed by atoms with Gasteiger partial charge in [0.05, 0.1) is 0 Å². The monoisotopic (exact) mass is 463 g/mol. The Balaban J connectivity index is 1.30. The van der Waals surface area contributed by atoms with E-state index in [0.29, 0.717) is 17.4 Å². The summed E-state index contributed by atoms with van der Waals surface area (Å²) in [5.74, 6) is 1.52. The molecule has 180 valence electrons. The average molecular weight is 464 g/mol. The molecule has 33 heavy (non-hydrogen) atoms. The van der Waals surface area contributed by atoms with E-state index in [-0.39, 0.29) is 12.3 Å². The maximum absolute atomic E-state index is 12.6. The molecule has 2 aliphatic rings. The summed E-state index contributed by atoms with van der Waals surface area (Å²) in [6.07, 6.45) is 4.64. The van der Waals surface area contributed by atoms with Crippen LogP contribution in [0.3, 0.4) is 0 Å². The number of para-hydroxylation sites is 1. The number of hydrogen-bond donors (Lipinski definition) is 2. The topological polar surface area (TPSA) is 62.3 Å². The van der Waals surface area contributed by atoms with Crippen LogP contribution in [0.25, 0.3) is 0 Å². The quantitative estimate of drug-likeness (QED) is 0.549. The van der Waals surface area contributed by atoms with E-state index in [1.807, 2.05) is 6.92 Å². The predicted molar refractivity (Wildman–Crippen MR) is 122 cm³/mol. The van der Waals surface area contributed by atoms with Gasteiger partial charge >= 0.3 is 6.36 Å². The summed E-state index contributed by atoms with van der Waals surface area (Å²) in [7, 11) is 0. The van der Waals surface area contributed by atoms with Crippen molar-refractivity contribution in [1.82, 2.24) is 14.9 Å². The molecule has 2 fully saturated rings. The van der Waals surface area contributed by atoms with E-state index in [2.05, 4.69) is 30.2 Å². The first-order valence-electron chi connectivity index (χ1n) is 11.8. The fourth-order valence-corrected chi connectivity index (χ4v) is 4.82. The molecule has 1 aliphatic heterocycles. The number of alkyl halides is 3. The van der Waals surface area contributed by atoms with Crippen LogP contribution in [0.4, 0.5) is 24.9 Å². The molecule has 1 saturated carbocycles. The van der Waals surface area contributed by atoms with Crippen molar-refractivity contribution in [1.29, 1.82) is 0 Å². The highest BCUT2D eigenvalue weighted by atomic mass is 19.4. The molecule has 2 heterocycles. The number of benzene rings is 1. The van der Waals surface area contributed by atoms with Gasteiger partial charge in [0.2, 0.25) is 5.95 Å². The Bertz CT molecular complexity index is 909. The van der Waals surface area contributed by atoms with E-state index in [1.54, 1.807) is 18.3 Å². The smallest absolute Gasteiger partial charge is 0.405 e. The van der Waals surface area contributed by atoms with Crippen molar-refractivity contribution in [3.63, 3.8) is 0 Å². The van der Waals surface area contributed by atoms with E-state index in [0.717, 1.165) is 24.0 Å². The Kier molecular flexibility index (Phi) is 7.57. The van der Waals surface area contributed by atoms with Gasteiger partial charge in [-0.05, 0) is 70.5 Å². The summed E-state index contributed by atoms with van der Waals surface area (Å²) >= 11 is 0. The molecule has 0 atom stereocenters. The highest BCUT2D eigenvalue weighted by molar-refractivity contribution is 5.47. The molecule has 1 saturated heterocycles. The predicted octanol–water partition coefficient (Wildman–Crippen LogP) is 5.36. The van der Waals surface area contributed by atoms with Crippen molar-refractivity contribution >= 4 is 11.8 Å². The third kappa shape index (κ3) is 6.72. The molecule has 1 aromatic carbocycles. The molecular formula is C24H32F3N5O. The number of rotatable bonds is 8. The lowest BCUT2D eigenvalue weighted by atomic mass is 9.85. The number of nitrogens with one attached hydrogen (secondary N) is 2. The molecule has 0 unspecified atom stereocenters. The van der Waals surface area contributed by atoms with E-state index in [1.165, 1.54) is 63.7 Å². The SMILES string of the molecule is Cc1cnc(NCc2ccccc2OC(F)(F)F)nc1NC[C@H]1CC[C@H](N2CCCC2)CC1. The van der Waals surface area contributed by atoms with E-state index >= 15 is 0 Å². The Morgan fingerprint density at radius 3 is 2.52 bits per heavy atom. The maximum atomic E-state index is 12.6. The van der Waals surface area contributed by atoms with Crippen LogP contribution in [0, 0.1) is 12.8 Å². The van der Waals surface area contributed by atoms with Gasteiger partial charge in [-0.2, -0.15) is 4.98 Å². The number of aryl methyl sites for hydroxylation is 1. The minimum absolute atomic E-state index is 0.120. The highest BCUT2D eigenvalue weighted by Crippen LogP contribution is 2.30. The number of likely N-dealkylation sites (tertiary alicyclic amines) is 1. The van der Waals surface area contributed by atoms with Gasteiger partial charge in [0, 0.05) is 36.5 Å². The molecular weight excluding hydrogens is 431 g/mol. The zero-order valence-corrected chi connectivity index (χ0v) is 19.0. The lowest BCUT2D eigenvalue weighted by molar-refractivity contribution is -0.274. The third-order valence-corrected chi connectivity index (χ3v) is 6.64. The molecule has 0 amide bonds. The van der Waals surface area contributed by atoms with Crippen LogP contribution in [0.15, 0.2) is 30.5 Å². The first-order chi connectivity index (χ1) is 15.9. The zero-order valence-electron chi connectivity index (χ0n) is 19.0. The molecule has 6 nitrogen and oxygen atoms in total.